The molecule has 7 heteroatoms. The maximum absolute atomic E-state index is 13.2. The van der Waals surface area contributed by atoms with Crippen LogP contribution in [-0.4, -0.2) is 24.0 Å². The third-order valence-corrected chi connectivity index (χ3v) is 6.34. The van der Waals surface area contributed by atoms with Crippen molar-refractivity contribution in [2.45, 2.75) is 11.4 Å². The Kier molecular flexibility index (Phi) is 4.33. The number of Topliss-reactive ketones (excluding diaryl/α,β-unsaturated/α-hetero) is 1. The van der Waals surface area contributed by atoms with Gasteiger partial charge in [-0.2, -0.15) is 0 Å². The van der Waals surface area contributed by atoms with Crippen molar-refractivity contribution in [2.75, 3.05) is 0 Å². The summed E-state index contributed by atoms with van der Waals surface area (Å²) in [6, 6.07) is 15.1. The van der Waals surface area contributed by atoms with Crippen LogP contribution in [0.25, 0.3) is 17.2 Å². The highest BCUT2D eigenvalue weighted by Gasteiger charge is 2.32. The Labute approximate surface area is 162 Å². The van der Waals surface area contributed by atoms with Crippen LogP contribution in [0.15, 0.2) is 71.8 Å². The van der Waals surface area contributed by atoms with Gasteiger partial charge < -0.3 is 5.73 Å². The average molecular weight is 392 g/mol. The van der Waals surface area contributed by atoms with Gasteiger partial charge in [-0.05, 0) is 35.4 Å². The Morgan fingerprint density at radius 1 is 0.893 bits per heavy atom. The number of benzene rings is 2. The Bertz CT molecular complexity index is 1220. The zero-order valence-electron chi connectivity index (χ0n) is 14.7. The molecule has 3 aromatic rings. The first kappa shape index (κ1) is 18.1. The van der Waals surface area contributed by atoms with Crippen molar-refractivity contribution in [3.05, 3.63) is 83.7 Å². The van der Waals surface area contributed by atoms with E-state index < -0.39 is 21.6 Å². The molecule has 6 nitrogen and oxygen atoms in total. The van der Waals surface area contributed by atoms with Gasteiger partial charge in [0.2, 0.25) is 11.6 Å². The zero-order chi connectivity index (χ0) is 19.9. The molecule has 2 aromatic carbocycles. The fourth-order valence-electron chi connectivity index (χ4n) is 3.19. The molecule has 0 spiro atoms. The van der Waals surface area contributed by atoms with Gasteiger partial charge in [0, 0.05) is 18.3 Å². The molecule has 0 saturated carbocycles. The van der Waals surface area contributed by atoms with E-state index in [1.807, 2.05) is 6.07 Å². The number of nitrogens with zero attached hydrogens (tertiary/aromatic N) is 1. The SMILES string of the molecule is NCc1ccc(S(=O)(=O)n2cc(-c3ccccc3)c3c2C=CC(=O)C3=O)cc1. The second kappa shape index (κ2) is 6.70. The Morgan fingerprint density at radius 2 is 1.57 bits per heavy atom. The van der Waals surface area contributed by atoms with E-state index in [4.69, 9.17) is 5.73 Å². The number of hydrogen-bond donors (Lipinski definition) is 1. The van der Waals surface area contributed by atoms with Gasteiger partial charge in [-0.15, -0.1) is 0 Å². The van der Waals surface area contributed by atoms with E-state index in [0.717, 1.165) is 15.6 Å². The molecule has 1 heterocycles. The Morgan fingerprint density at radius 3 is 2.21 bits per heavy atom. The summed E-state index contributed by atoms with van der Waals surface area (Å²) in [5, 5.41) is 0. The fourth-order valence-corrected chi connectivity index (χ4v) is 4.56. The van der Waals surface area contributed by atoms with Gasteiger partial charge in [0.15, 0.2) is 0 Å². The standard InChI is InChI=1S/C21H16N2O4S/c22-12-14-6-8-16(9-7-14)28(26,27)23-13-17(15-4-2-1-3-5-15)20-18(23)10-11-19(24)21(20)25/h1-11,13H,12,22H2. The highest BCUT2D eigenvalue weighted by molar-refractivity contribution is 7.90. The minimum absolute atomic E-state index is 0.0693. The van der Waals surface area contributed by atoms with Crippen molar-refractivity contribution >= 4 is 27.7 Å². The number of fused-ring (bicyclic) bond motifs is 1. The van der Waals surface area contributed by atoms with Gasteiger partial charge in [-0.25, -0.2) is 12.4 Å². The number of carbonyl (C=O) groups is 2. The fraction of sp³-hybridized carbons (Fsp3) is 0.0476. The normalized spacial score (nSPS) is 13.6. The van der Waals surface area contributed by atoms with E-state index >= 15 is 0 Å². The lowest BCUT2D eigenvalue weighted by molar-refractivity contribution is -0.110. The Balaban J connectivity index is 1.96. The smallest absolute Gasteiger partial charge is 0.268 e. The van der Waals surface area contributed by atoms with Crippen LogP contribution in [0.4, 0.5) is 0 Å². The third kappa shape index (κ3) is 2.81. The molecule has 1 aliphatic carbocycles. The summed E-state index contributed by atoms with van der Waals surface area (Å²) >= 11 is 0. The minimum atomic E-state index is -3.97. The van der Waals surface area contributed by atoms with Crippen LogP contribution in [-0.2, 0) is 21.4 Å². The highest BCUT2D eigenvalue weighted by Crippen LogP contribution is 2.34. The molecule has 0 bridgehead atoms. The molecule has 0 unspecified atom stereocenters. The van der Waals surface area contributed by atoms with E-state index in [9.17, 15) is 18.0 Å². The van der Waals surface area contributed by atoms with Gasteiger partial charge in [0.25, 0.3) is 10.0 Å². The number of nitrogens with two attached hydrogens (primary N) is 1. The second-order valence-corrected chi connectivity index (χ2v) is 8.16. The van der Waals surface area contributed by atoms with Crippen molar-refractivity contribution in [1.29, 1.82) is 0 Å². The second-order valence-electron chi connectivity index (χ2n) is 6.34. The quantitative estimate of drug-likeness (QED) is 0.688. The van der Waals surface area contributed by atoms with Crippen molar-refractivity contribution in [1.82, 2.24) is 3.97 Å². The number of ketones is 2. The van der Waals surface area contributed by atoms with Crippen molar-refractivity contribution in [3.8, 4) is 11.1 Å². The van der Waals surface area contributed by atoms with Crippen molar-refractivity contribution in [2.24, 2.45) is 5.73 Å². The van der Waals surface area contributed by atoms with Gasteiger partial charge >= 0.3 is 0 Å². The van der Waals surface area contributed by atoms with Gasteiger partial charge in [0.05, 0.1) is 16.2 Å². The van der Waals surface area contributed by atoms with Crippen molar-refractivity contribution in [3.63, 3.8) is 0 Å². The molecular formula is C21H16N2O4S. The lowest BCUT2D eigenvalue weighted by Crippen LogP contribution is -2.20. The predicted octanol–water partition coefficient (Wildman–Crippen LogP) is 2.63. The summed E-state index contributed by atoms with van der Waals surface area (Å²) in [5.41, 5.74) is 7.71. The topological polar surface area (TPSA) is 99.2 Å². The monoisotopic (exact) mass is 392 g/mol. The molecule has 1 aromatic heterocycles. The number of aromatic nitrogens is 1. The van der Waals surface area contributed by atoms with Crippen LogP contribution in [0, 0.1) is 0 Å². The third-order valence-electron chi connectivity index (χ3n) is 4.65. The number of allylic oxidation sites excluding steroid dienone is 1. The summed E-state index contributed by atoms with van der Waals surface area (Å²) in [4.78, 5) is 24.6. The van der Waals surface area contributed by atoms with Crippen LogP contribution in [0.3, 0.4) is 0 Å². The van der Waals surface area contributed by atoms with Crippen LogP contribution < -0.4 is 5.73 Å². The first-order valence-electron chi connectivity index (χ1n) is 8.55. The van der Waals surface area contributed by atoms with Crippen LogP contribution in [0.2, 0.25) is 0 Å². The van der Waals surface area contributed by atoms with E-state index in [-0.39, 0.29) is 16.2 Å². The summed E-state index contributed by atoms with van der Waals surface area (Å²) in [6.07, 6.45) is 3.87. The average Bonchev–Trinajstić information content (AvgIpc) is 3.12. The number of rotatable bonds is 4. The maximum atomic E-state index is 13.2. The molecule has 140 valence electrons. The van der Waals surface area contributed by atoms with Crippen LogP contribution in [0.5, 0.6) is 0 Å². The zero-order valence-corrected chi connectivity index (χ0v) is 15.5. The first-order valence-corrected chi connectivity index (χ1v) is 9.99. The largest absolute Gasteiger partial charge is 0.326 e. The molecule has 2 N–H and O–H groups in total. The minimum Gasteiger partial charge on any atom is -0.326 e. The lowest BCUT2D eigenvalue weighted by atomic mass is 9.94. The molecule has 4 rings (SSSR count). The van der Waals surface area contributed by atoms with E-state index in [0.29, 0.717) is 17.7 Å². The summed E-state index contributed by atoms with van der Waals surface area (Å²) < 4.78 is 27.5. The van der Waals surface area contributed by atoms with E-state index in [1.165, 1.54) is 24.4 Å². The summed E-state index contributed by atoms with van der Waals surface area (Å²) in [5.74, 6) is -1.39. The van der Waals surface area contributed by atoms with E-state index in [2.05, 4.69) is 0 Å². The van der Waals surface area contributed by atoms with Crippen molar-refractivity contribution < 1.29 is 18.0 Å². The molecule has 1 aliphatic rings. The molecule has 0 amide bonds. The number of carbonyl (C=O) groups excluding carboxylic acids is 2. The molecule has 28 heavy (non-hydrogen) atoms. The van der Waals surface area contributed by atoms with Gasteiger partial charge in [-0.1, -0.05) is 42.5 Å². The lowest BCUT2D eigenvalue weighted by Gasteiger charge is -2.11. The summed E-state index contributed by atoms with van der Waals surface area (Å²) in [7, 11) is -3.97. The molecule has 0 aliphatic heterocycles. The molecule has 0 fully saturated rings. The predicted molar refractivity (Wildman–Crippen MR) is 105 cm³/mol. The molecular weight excluding hydrogens is 376 g/mol. The number of hydrogen-bond acceptors (Lipinski definition) is 5. The molecule has 0 atom stereocenters. The van der Waals surface area contributed by atoms with Gasteiger partial charge in [0.1, 0.15) is 0 Å². The summed E-state index contributed by atoms with van der Waals surface area (Å²) in [6.45, 7) is 0.302. The highest BCUT2D eigenvalue weighted by atomic mass is 32.2. The van der Waals surface area contributed by atoms with Gasteiger partial charge in [-0.3, -0.25) is 9.59 Å². The van der Waals surface area contributed by atoms with Crippen LogP contribution >= 0.6 is 0 Å². The molecule has 0 radical (unpaired) electrons. The van der Waals surface area contributed by atoms with E-state index in [1.54, 1.807) is 36.4 Å². The maximum Gasteiger partial charge on any atom is 0.268 e. The van der Waals surface area contributed by atoms with Crippen LogP contribution in [0.1, 0.15) is 21.6 Å². The first-order chi connectivity index (χ1) is 13.4. The molecule has 0 saturated heterocycles. The Hall–Kier alpha value is -3.29.